The predicted molar refractivity (Wildman–Crippen MR) is 89.3 cm³/mol. The molecular formula is C18H20ClNO2. The molecule has 0 aliphatic carbocycles. The highest BCUT2D eigenvalue weighted by Crippen LogP contribution is 2.20. The summed E-state index contributed by atoms with van der Waals surface area (Å²) in [5.74, 6) is -0.840. The Morgan fingerprint density at radius 1 is 1.18 bits per heavy atom. The smallest absolute Gasteiger partial charge is 0.321 e. The van der Waals surface area contributed by atoms with Crippen molar-refractivity contribution in [3.8, 4) is 0 Å². The molecule has 2 N–H and O–H groups in total. The molecule has 0 heterocycles. The monoisotopic (exact) mass is 317 g/mol. The van der Waals surface area contributed by atoms with Crippen molar-refractivity contribution in [1.82, 2.24) is 5.32 Å². The number of carboxylic acid groups (broad SMARTS) is 1. The van der Waals surface area contributed by atoms with Gasteiger partial charge in [0.2, 0.25) is 0 Å². The summed E-state index contributed by atoms with van der Waals surface area (Å²) < 4.78 is 0. The highest BCUT2D eigenvalue weighted by atomic mass is 35.5. The van der Waals surface area contributed by atoms with Crippen LogP contribution in [0, 0.1) is 13.8 Å². The van der Waals surface area contributed by atoms with Gasteiger partial charge in [0, 0.05) is 11.6 Å². The number of aliphatic carboxylic acids is 1. The summed E-state index contributed by atoms with van der Waals surface area (Å²) in [4.78, 5) is 11.5. The molecule has 3 nitrogen and oxygen atoms in total. The Morgan fingerprint density at radius 2 is 1.77 bits per heavy atom. The Balaban J connectivity index is 2.08. The van der Waals surface area contributed by atoms with Gasteiger partial charge in [-0.25, -0.2) is 0 Å². The Kier molecular flexibility index (Phi) is 5.58. The van der Waals surface area contributed by atoms with Gasteiger partial charge in [-0.3, -0.25) is 10.1 Å². The molecule has 2 aromatic carbocycles. The zero-order valence-electron chi connectivity index (χ0n) is 12.8. The second-order valence-corrected chi connectivity index (χ2v) is 5.92. The summed E-state index contributed by atoms with van der Waals surface area (Å²) in [7, 11) is 0. The molecule has 0 aromatic heterocycles. The summed E-state index contributed by atoms with van der Waals surface area (Å²) in [5.41, 5.74) is 4.25. The van der Waals surface area contributed by atoms with Crippen molar-refractivity contribution < 1.29 is 9.90 Å². The van der Waals surface area contributed by atoms with Gasteiger partial charge in [-0.05, 0) is 54.7 Å². The summed E-state index contributed by atoms with van der Waals surface area (Å²) in [5, 5.41) is 13.3. The van der Waals surface area contributed by atoms with E-state index in [4.69, 9.17) is 11.6 Å². The van der Waals surface area contributed by atoms with E-state index >= 15 is 0 Å². The van der Waals surface area contributed by atoms with Crippen molar-refractivity contribution in [2.24, 2.45) is 0 Å². The zero-order valence-corrected chi connectivity index (χ0v) is 13.5. The van der Waals surface area contributed by atoms with E-state index in [0.717, 1.165) is 22.3 Å². The van der Waals surface area contributed by atoms with E-state index in [1.807, 2.05) is 56.3 Å². The van der Waals surface area contributed by atoms with Gasteiger partial charge in [-0.1, -0.05) is 41.9 Å². The van der Waals surface area contributed by atoms with Crippen LogP contribution in [0.4, 0.5) is 0 Å². The van der Waals surface area contributed by atoms with Gasteiger partial charge in [0.1, 0.15) is 6.04 Å². The molecule has 2 rings (SSSR count). The van der Waals surface area contributed by atoms with Crippen molar-refractivity contribution in [3.63, 3.8) is 0 Å². The third-order valence-electron chi connectivity index (χ3n) is 3.77. The van der Waals surface area contributed by atoms with E-state index in [9.17, 15) is 9.90 Å². The normalized spacial score (nSPS) is 12.1. The maximum absolute atomic E-state index is 11.5. The van der Waals surface area contributed by atoms with Gasteiger partial charge < -0.3 is 5.11 Å². The number of halogens is 1. The largest absolute Gasteiger partial charge is 0.480 e. The maximum Gasteiger partial charge on any atom is 0.321 e. The van der Waals surface area contributed by atoms with Crippen molar-refractivity contribution in [3.05, 3.63) is 69.7 Å². The highest BCUT2D eigenvalue weighted by molar-refractivity contribution is 6.30. The second-order valence-electron chi connectivity index (χ2n) is 5.48. The average molecular weight is 318 g/mol. The van der Waals surface area contributed by atoms with Crippen molar-refractivity contribution in [2.75, 3.05) is 0 Å². The van der Waals surface area contributed by atoms with Gasteiger partial charge >= 0.3 is 5.97 Å². The van der Waals surface area contributed by atoms with Crippen LogP contribution in [0.25, 0.3) is 0 Å². The Bertz CT molecular complexity index is 632. The fourth-order valence-corrected chi connectivity index (χ4v) is 2.87. The van der Waals surface area contributed by atoms with Gasteiger partial charge in [0.05, 0.1) is 0 Å². The van der Waals surface area contributed by atoms with E-state index in [1.165, 1.54) is 0 Å². The van der Waals surface area contributed by atoms with Crippen LogP contribution < -0.4 is 5.32 Å². The van der Waals surface area contributed by atoms with Gasteiger partial charge in [-0.2, -0.15) is 0 Å². The lowest BCUT2D eigenvalue weighted by Gasteiger charge is -2.17. The van der Waals surface area contributed by atoms with Crippen LogP contribution in [0.15, 0.2) is 42.5 Å². The van der Waals surface area contributed by atoms with Crippen LogP contribution in [0.1, 0.15) is 22.3 Å². The molecular weight excluding hydrogens is 298 g/mol. The van der Waals surface area contributed by atoms with E-state index in [-0.39, 0.29) is 0 Å². The van der Waals surface area contributed by atoms with E-state index < -0.39 is 12.0 Å². The molecule has 0 aliphatic heterocycles. The van der Waals surface area contributed by atoms with E-state index in [2.05, 4.69) is 5.32 Å². The summed E-state index contributed by atoms with van der Waals surface area (Å²) in [6.07, 6.45) is 0.460. The summed E-state index contributed by atoms with van der Waals surface area (Å²) >= 11 is 6.03. The molecule has 0 spiro atoms. The first-order valence-corrected chi connectivity index (χ1v) is 7.61. The summed E-state index contributed by atoms with van der Waals surface area (Å²) in [6, 6.07) is 12.8. The molecule has 0 radical (unpaired) electrons. The first-order chi connectivity index (χ1) is 10.5. The van der Waals surface area contributed by atoms with Crippen LogP contribution in [-0.2, 0) is 17.8 Å². The molecule has 0 saturated heterocycles. The number of rotatable bonds is 6. The van der Waals surface area contributed by atoms with Gasteiger partial charge in [0.15, 0.2) is 0 Å². The topological polar surface area (TPSA) is 49.3 Å². The fourth-order valence-electron chi connectivity index (χ4n) is 2.54. The molecule has 0 bridgehead atoms. The third-order valence-corrected chi connectivity index (χ3v) is 3.99. The van der Waals surface area contributed by atoms with Crippen molar-refractivity contribution in [2.45, 2.75) is 32.9 Å². The van der Waals surface area contributed by atoms with Crippen LogP contribution in [-0.4, -0.2) is 17.1 Å². The Morgan fingerprint density at radius 3 is 2.32 bits per heavy atom. The second kappa shape index (κ2) is 7.43. The number of hydrogen-bond donors (Lipinski definition) is 2. The quantitative estimate of drug-likeness (QED) is 0.853. The molecule has 116 valence electrons. The lowest BCUT2D eigenvalue weighted by Crippen LogP contribution is -2.38. The summed E-state index contributed by atoms with van der Waals surface area (Å²) in [6.45, 7) is 4.49. The molecule has 2 aromatic rings. The van der Waals surface area contributed by atoms with Gasteiger partial charge in [-0.15, -0.1) is 0 Å². The molecule has 0 fully saturated rings. The SMILES string of the molecule is Cc1cc(Cl)cc(C)c1CN[C@@H](Cc1ccccc1)C(=O)O. The van der Waals surface area contributed by atoms with Crippen LogP contribution in [0.5, 0.6) is 0 Å². The molecule has 4 heteroatoms. The van der Waals surface area contributed by atoms with E-state index in [0.29, 0.717) is 18.0 Å². The average Bonchev–Trinajstić information content (AvgIpc) is 2.45. The lowest BCUT2D eigenvalue weighted by molar-refractivity contribution is -0.139. The molecule has 0 saturated carbocycles. The number of benzene rings is 2. The lowest BCUT2D eigenvalue weighted by atomic mass is 10.0. The van der Waals surface area contributed by atoms with E-state index in [1.54, 1.807) is 0 Å². The Hall–Kier alpha value is -1.84. The molecule has 0 aliphatic rings. The zero-order chi connectivity index (χ0) is 16.1. The van der Waals surface area contributed by atoms with Crippen molar-refractivity contribution in [1.29, 1.82) is 0 Å². The van der Waals surface area contributed by atoms with Crippen molar-refractivity contribution >= 4 is 17.6 Å². The number of carboxylic acids is 1. The van der Waals surface area contributed by atoms with Crippen LogP contribution in [0.3, 0.4) is 0 Å². The number of nitrogens with one attached hydrogen (secondary N) is 1. The molecule has 1 atom stereocenters. The molecule has 0 amide bonds. The molecule has 0 unspecified atom stereocenters. The van der Waals surface area contributed by atoms with Gasteiger partial charge in [0.25, 0.3) is 0 Å². The standard InChI is InChI=1S/C18H20ClNO2/c1-12-8-15(19)9-13(2)16(12)11-20-17(18(21)22)10-14-6-4-3-5-7-14/h3-9,17,20H,10-11H2,1-2H3,(H,21,22)/t17-/m0/s1. The van der Waals surface area contributed by atoms with Crippen LogP contribution in [0.2, 0.25) is 5.02 Å². The predicted octanol–water partition coefficient (Wildman–Crippen LogP) is 3.74. The number of hydrogen-bond acceptors (Lipinski definition) is 2. The maximum atomic E-state index is 11.5. The highest BCUT2D eigenvalue weighted by Gasteiger charge is 2.18. The minimum absolute atomic E-state index is 0.460. The minimum atomic E-state index is -0.840. The first kappa shape index (κ1) is 16.5. The third kappa shape index (κ3) is 4.33. The first-order valence-electron chi connectivity index (χ1n) is 7.23. The minimum Gasteiger partial charge on any atom is -0.480 e. The molecule has 22 heavy (non-hydrogen) atoms. The van der Waals surface area contributed by atoms with Crippen LogP contribution >= 0.6 is 11.6 Å². The number of carbonyl (C=O) groups is 1. The number of aryl methyl sites for hydroxylation is 2. The fraction of sp³-hybridized carbons (Fsp3) is 0.278. The Labute approximate surface area is 135 Å².